The quantitative estimate of drug-likeness (QED) is 0.359. The molecule has 2 aromatic rings. The average Bonchev–Trinajstić information content (AvgIpc) is 3.21. The Labute approximate surface area is 254 Å². The number of nitrogen functional groups attached to an aromatic ring is 1. The lowest BCUT2D eigenvalue weighted by Gasteiger charge is -2.61. The molecule has 0 saturated carbocycles. The number of carbonyl (C=O) groups is 5. The number of hydrogen-bond donors (Lipinski definition) is 2. The molecule has 13 heteroatoms. The number of piperazine rings is 1. The van der Waals surface area contributed by atoms with E-state index in [0.717, 1.165) is 49.1 Å². The molecule has 2 aromatic carbocycles. The molecule has 6 amide bonds. The van der Waals surface area contributed by atoms with Crippen molar-refractivity contribution in [3.8, 4) is 5.75 Å². The third-order valence-electron chi connectivity index (χ3n) is 9.34. The number of likely N-dealkylation sites (tertiary alicyclic amines) is 1. The number of hydrogen-bond acceptors (Lipinski definition) is 9. The van der Waals surface area contributed by atoms with E-state index in [9.17, 15) is 24.0 Å². The molecule has 0 aliphatic carbocycles. The molecule has 5 heterocycles. The zero-order chi connectivity index (χ0) is 30.6. The van der Waals surface area contributed by atoms with Gasteiger partial charge in [-0.05, 0) is 36.8 Å². The van der Waals surface area contributed by atoms with Gasteiger partial charge in [0.1, 0.15) is 18.4 Å². The second kappa shape index (κ2) is 10.8. The van der Waals surface area contributed by atoms with Gasteiger partial charge in [0.2, 0.25) is 11.8 Å². The molecule has 0 radical (unpaired) electrons. The third-order valence-corrected chi connectivity index (χ3v) is 9.34. The van der Waals surface area contributed by atoms with Gasteiger partial charge in [-0.25, -0.2) is 4.79 Å². The standard InChI is InChI=1S/C31H35N7O6/c32-20-2-1-3-22(14-20)44-13-12-34-8-10-35(11-9-34)30(43)37-18-31(19-37)16-36(17-31)21-4-5-23-24(15-21)29(42)38(28(23)41)25-6-7-26(39)33-27(25)40/h1-5,14-15,25H,6-13,16-19,32H2,(H,33,39,40). The number of fused-ring (bicyclic) bond motifs is 1. The summed E-state index contributed by atoms with van der Waals surface area (Å²) in [6, 6.07) is 11.7. The Balaban J connectivity index is 0.870. The van der Waals surface area contributed by atoms with Crippen molar-refractivity contribution >= 4 is 41.0 Å². The summed E-state index contributed by atoms with van der Waals surface area (Å²) in [5.41, 5.74) is 7.90. The Morgan fingerprint density at radius 1 is 0.909 bits per heavy atom. The van der Waals surface area contributed by atoms with Crippen LogP contribution in [0.4, 0.5) is 16.2 Å². The van der Waals surface area contributed by atoms with E-state index >= 15 is 0 Å². The highest BCUT2D eigenvalue weighted by Crippen LogP contribution is 2.43. The summed E-state index contributed by atoms with van der Waals surface area (Å²) in [5.74, 6) is -1.27. The molecule has 0 aromatic heterocycles. The van der Waals surface area contributed by atoms with Crippen molar-refractivity contribution in [2.75, 3.05) is 76.1 Å². The van der Waals surface area contributed by atoms with Gasteiger partial charge >= 0.3 is 6.03 Å². The second-order valence-electron chi connectivity index (χ2n) is 12.4. The average molecular weight is 602 g/mol. The fourth-order valence-corrected chi connectivity index (χ4v) is 6.96. The van der Waals surface area contributed by atoms with Crippen molar-refractivity contribution < 1.29 is 28.7 Å². The number of carbonyl (C=O) groups excluding carboxylic acids is 5. The molecule has 4 fully saturated rings. The van der Waals surface area contributed by atoms with E-state index in [2.05, 4.69) is 15.1 Å². The zero-order valence-corrected chi connectivity index (χ0v) is 24.4. The molecule has 0 bridgehead atoms. The Morgan fingerprint density at radius 3 is 2.39 bits per heavy atom. The lowest BCUT2D eigenvalue weighted by atomic mass is 9.72. The SMILES string of the molecule is Nc1cccc(OCCN2CCN(C(=O)N3CC4(C3)CN(c3ccc5c(c3)C(=O)N(C3CCC(=O)NC3=O)C5=O)C4)CC2)c1. The van der Waals surface area contributed by atoms with E-state index in [-0.39, 0.29) is 35.4 Å². The molecule has 4 saturated heterocycles. The van der Waals surface area contributed by atoms with Crippen molar-refractivity contribution in [1.82, 2.24) is 24.9 Å². The Bertz CT molecular complexity index is 1540. The first kappa shape index (κ1) is 28.1. The highest BCUT2D eigenvalue weighted by molar-refractivity contribution is 6.23. The van der Waals surface area contributed by atoms with Crippen LogP contribution in [0.3, 0.4) is 0 Å². The van der Waals surface area contributed by atoms with E-state index in [4.69, 9.17) is 10.5 Å². The van der Waals surface area contributed by atoms with Crippen LogP contribution in [-0.2, 0) is 9.59 Å². The van der Waals surface area contributed by atoms with Crippen LogP contribution in [0, 0.1) is 5.41 Å². The number of amides is 6. The van der Waals surface area contributed by atoms with Crippen LogP contribution in [0.25, 0.3) is 0 Å². The monoisotopic (exact) mass is 601 g/mol. The number of nitrogens with zero attached hydrogens (tertiary/aromatic N) is 5. The summed E-state index contributed by atoms with van der Waals surface area (Å²) >= 11 is 0. The van der Waals surface area contributed by atoms with Crippen LogP contribution in [0.2, 0.25) is 0 Å². The Hall–Kier alpha value is -4.65. The molecule has 5 aliphatic heterocycles. The smallest absolute Gasteiger partial charge is 0.320 e. The fraction of sp³-hybridized carbons (Fsp3) is 0.452. The van der Waals surface area contributed by atoms with Crippen molar-refractivity contribution in [1.29, 1.82) is 0 Å². The van der Waals surface area contributed by atoms with Crippen molar-refractivity contribution in [3.05, 3.63) is 53.6 Å². The van der Waals surface area contributed by atoms with E-state index < -0.39 is 29.7 Å². The van der Waals surface area contributed by atoms with Crippen LogP contribution in [0.1, 0.15) is 33.6 Å². The first-order valence-corrected chi connectivity index (χ1v) is 15.0. The molecule has 5 aliphatic rings. The van der Waals surface area contributed by atoms with Gasteiger partial charge in [0.05, 0.1) is 11.1 Å². The maximum absolute atomic E-state index is 13.2. The molecule has 7 rings (SSSR count). The van der Waals surface area contributed by atoms with Gasteiger partial charge in [-0.3, -0.25) is 34.3 Å². The summed E-state index contributed by atoms with van der Waals surface area (Å²) in [7, 11) is 0. The molecule has 1 unspecified atom stereocenters. The van der Waals surface area contributed by atoms with Crippen LogP contribution in [0.5, 0.6) is 5.75 Å². The molecular formula is C31H35N7O6. The lowest BCUT2D eigenvalue weighted by Crippen LogP contribution is -2.74. The number of ether oxygens (including phenoxy) is 1. The summed E-state index contributed by atoms with van der Waals surface area (Å²) in [5, 5.41) is 2.22. The minimum absolute atomic E-state index is 0.0350. The first-order valence-electron chi connectivity index (χ1n) is 15.0. The number of urea groups is 1. The zero-order valence-electron chi connectivity index (χ0n) is 24.4. The first-order chi connectivity index (χ1) is 21.2. The maximum Gasteiger partial charge on any atom is 0.320 e. The number of piperidine rings is 1. The number of nitrogens with one attached hydrogen (secondary N) is 1. The van der Waals surface area contributed by atoms with Crippen molar-refractivity contribution in [3.63, 3.8) is 0 Å². The van der Waals surface area contributed by atoms with E-state index in [1.54, 1.807) is 12.1 Å². The van der Waals surface area contributed by atoms with Gasteiger partial charge in [-0.2, -0.15) is 0 Å². The molecule has 3 N–H and O–H groups in total. The van der Waals surface area contributed by atoms with Gasteiger partial charge in [0, 0.05) is 88.2 Å². The van der Waals surface area contributed by atoms with Crippen molar-refractivity contribution in [2.24, 2.45) is 5.41 Å². The van der Waals surface area contributed by atoms with Gasteiger partial charge in [-0.15, -0.1) is 0 Å². The van der Waals surface area contributed by atoms with E-state index in [1.807, 2.05) is 40.1 Å². The third kappa shape index (κ3) is 5.00. The largest absolute Gasteiger partial charge is 0.492 e. The van der Waals surface area contributed by atoms with Gasteiger partial charge in [0.25, 0.3) is 11.8 Å². The predicted molar refractivity (Wildman–Crippen MR) is 159 cm³/mol. The number of nitrogens with two attached hydrogens (primary N) is 1. The normalized spacial score (nSPS) is 23.0. The number of rotatable bonds is 6. The summed E-state index contributed by atoms with van der Waals surface area (Å²) in [4.78, 5) is 72.5. The van der Waals surface area contributed by atoms with Crippen LogP contribution in [0.15, 0.2) is 42.5 Å². The Kier molecular flexibility index (Phi) is 6.91. The van der Waals surface area contributed by atoms with Crippen molar-refractivity contribution in [2.45, 2.75) is 18.9 Å². The summed E-state index contributed by atoms with van der Waals surface area (Å²) < 4.78 is 5.81. The van der Waals surface area contributed by atoms with Crippen LogP contribution >= 0.6 is 0 Å². The molecule has 1 spiro atoms. The Morgan fingerprint density at radius 2 is 1.66 bits per heavy atom. The molecule has 44 heavy (non-hydrogen) atoms. The number of benzene rings is 2. The highest BCUT2D eigenvalue weighted by atomic mass is 16.5. The highest BCUT2D eigenvalue weighted by Gasteiger charge is 2.54. The van der Waals surface area contributed by atoms with Gasteiger partial charge in [-0.1, -0.05) is 6.07 Å². The second-order valence-corrected chi connectivity index (χ2v) is 12.4. The number of anilines is 2. The lowest BCUT2D eigenvalue weighted by molar-refractivity contribution is -0.136. The molecule has 230 valence electrons. The molecule has 13 nitrogen and oxygen atoms in total. The maximum atomic E-state index is 13.2. The van der Waals surface area contributed by atoms with E-state index in [1.165, 1.54) is 0 Å². The van der Waals surface area contributed by atoms with E-state index in [0.29, 0.717) is 38.5 Å². The van der Waals surface area contributed by atoms with Crippen LogP contribution in [-0.4, -0.2) is 121 Å². The minimum Gasteiger partial charge on any atom is -0.492 e. The minimum atomic E-state index is -0.980. The number of imide groups is 2. The molecular weight excluding hydrogens is 566 g/mol. The van der Waals surface area contributed by atoms with Gasteiger partial charge < -0.3 is 25.2 Å². The summed E-state index contributed by atoms with van der Waals surface area (Å²) in [6.45, 7) is 7.25. The van der Waals surface area contributed by atoms with Gasteiger partial charge in [0.15, 0.2) is 0 Å². The molecule has 1 atom stereocenters. The topological polar surface area (TPSA) is 149 Å². The predicted octanol–water partition coefficient (Wildman–Crippen LogP) is 0.609. The van der Waals surface area contributed by atoms with Crippen LogP contribution < -0.4 is 20.7 Å². The fourth-order valence-electron chi connectivity index (χ4n) is 6.96. The summed E-state index contributed by atoms with van der Waals surface area (Å²) in [6.07, 6.45) is 0.213.